The van der Waals surface area contributed by atoms with Gasteiger partial charge in [-0.15, -0.1) is 0 Å². The highest BCUT2D eigenvalue weighted by molar-refractivity contribution is 5.62. The molecule has 110 valence electrons. The Morgan fingerprint density at radius 2 is 1.14 bits per heavy atom. The number of hydrogen-bond donors (Lipinski definition) is 0. The van der Waals surface area contributed by atoms with Crippen LogP contribution in [0.4, 0.5) is 0 Å². The summed E-state index contributed by atoms with van der Waals surface area (Å²) in [7, 11) is 1.66. The molecule has 0 saturated carbocycles. The Kier molecular flexibility index (Phi) is 6.01. The average Bonchev–Trinajstić information content (AvgIpc) is 2.63. The highest BCUT2D eigenvalue weighted by atomic mass is 16.5. The van der Waals surface area contributed by atoms with Gasteiger partial charge in [-0.2, -0.15) is 0 Å². The van der Waals surface area contributed by atoms with Crippen molar-refractivity contribution in [2.45, 2.75) is 0 Å². The Morgan fingerprint density at radius 1 is 0.682 bits per heavy atom. The van der Waals surface area contributed by atoms with E-state index in [1.165, 1.54) is 11.1 Å². The van der Waals surface area contributed by atoms with Crippen molar-refractivity contribution < 1.29 is 4.74 Å². The van der Waals surface area contributed by atoms with Crippen molar-refractivity contribution in [1.29, 1.82) is 0 Å². The molecule has 1 nitrogen and oxygen atoms in total. The molecule has 0 spiro atoms. The first-order chi connectivity index (χ1) is 10.8. The number of para-hydroxylation sites is 1. The van der Waals surface area contributed by atoms with Crippen molar-refractivity contribution >= 4 is 6.08 Å². The van der Waals surface area contributed by atoms with Gasteiger partial charge in [-0.1, -0.05) is 91.5 Å². The van der Waals surface area contributed by atoms with Crippen molar-refractivity contribution in [3.05, 3.63) is 97.1 Å². The maximum Gasteiger partial charge on any atom is 0.126 e. The summed E-state index contributed by atoms with van der Waals surface area (Å²) >= 11 is 0. The molecule has 0 aliphatic rings. The zero-order chi connectivity index (χ0) is 15.6. The van der Waals surface area contributed by atoms with E-state index in [0.717, 1.165) is 11.3 Å². The first kappa shape index (κ1) is 15.6. The summed E-state index contributed by atoms with van der Waals surface area (Å²) in [6, 6.07) is 28.6. The van der Waals surface area contributed by atoms with Gasteiger partial charge in [-0.3, -0.25) is 0 Å². The lowest BCUT2D eigenvalue weighted by Gasteiger charge is -2.01. The molecule has 0 atom stereocenters. The van der Waals surface area contributed by atoms with Gasteiger partial charge in [0.2, 0.25) is 0 Å². The molecular formula is C21H20O. The summed E-state index contributed by atoms with van der Waals surface area (Å²) in [5.41, 5.74) is 3.58. The van der Waals surface area contributed by atoms with Crippen LogP contribution in [0, 0.1) is 0 Å². The molecule has 0 aliphatic heterocycles. The number of ether oxygens (including phenoxy) is 1. The molecule has 0 aliphatic carbocycles. The number of methoxy groups -OCH3 is 1. The fraction of sp³-hybridized carbons (Fsp3) is 0.0476. The summed E-state index contributed by atoms with van der Waals surface area (Å²) in [6.45, 7) is 3.66. The van der Waals surface area contributed by atoms with Crippen molar-refractivity contribution in [2.75, 3.05) is 7.11 Å². The van der Waals surface area contributed by atoms with Gasteiger partial charge >= 0.3 is 0 Å². The third kappa shape index (κ3) is 4.35. The Bertz CT molecular complexity index is 650. The van der Waals surface area contributed by atoms with Gasteiger partial charge in [0.15, 0.2) is 0 Å². The lowest BCUT2D eigenvalue weighted by molar-refractivity contribution is 0.414. The Labute approximate surface area is 132 Å². The molecule has 0 N–H and O–H groups in total. The molecule has 0 radical (unpaired) electrons. The molecule has 0 fully saturated rings. The van der Waals surface area contributed by atoms with E-state index in [2.05, 4.69) is 55.1 Å². The fourth-order valence-corrected chi connectivity index (χ4v) is 2.10. The van der Waals surface area contributed by atoms with Gasteiger partial charge in [0.25, 0.3) is 0 Å². The molecule has 0 bridgehead atoms. The molecule has 0 saturated heterocycles. The van der Waals surface area contributed by atoms with Crippen LogP contribution < -0.4 is 4.74 Å². The molecular weight excluding hydrogens is 268 g/mol. The minimum absolute atomic E-state index is 0.873. The topological polar surface area (TPSA) is 9.23 Å². The first-order valence-corrected chi connectivity index (χ1v) is 7.21. The van der Waals surface area contributed by atoms with Gasteiger partial charge in [0.05, 0.1) is 7.11 Å². The number of rotatable bonds is 3. The van der Waals surface area contributed by atoms with Crippen molar-refractivity contribution in [1.82, 2.24) is 0 Å². The van der Waals surface area contributed by atoms with Crippen molar-refractivity contribution in [3.63, 3.8) is 0 Å². The van der Waals surface area contributed by atoms with E-state index in [4.69, 9.17) is 4.74 Å². The van der Waals surface area contributed by atoms with E-state index in [9.17, 15) is 0 Å². The number of hydrogen-bond acceptors (Lipinski definition) is 1. The predicted molar refractivity (Wildman–Crippen MR) is 95.0 cm³/mol. The summed E-state index contributed by atoms with van der Waals surface area (Å²) in [4.78, 5) is 0. The third-order valence-corrected chi connectivity index (χ3v) is 3.24. The second-order valence-corrected chi connectivity index (χ2v) is 4.68. The average molecular weight is 288 g/mol. The molecule has 0 heterocycles. The highest BCUT2D eigenvalue weighted by Gasteiger charge is 1.93. The van der Waals surface area contributed by atoms with Crippen LogP contribution in [-0.4, -0.2) is 7.11 Å². The van der Waals surface area contributed by atoms with E-state index in [-0.39, 0.29) is 0 Å². The summed E-state index contributed by atoms with van der Waals surface area (Å²) < 4.78 is 5.06. The second-order valence-electron chi connectivity index (χ2n) is 4.68. The predicted octanol–water partition coefficient (Wildman–Crippen LogP) is 5.69. The molecule has 3 aromatic rings. The van der Waals surface area contributed by atoms with E-state index < -0.39 is 0 Å². The Hall–Kier alpha value is -2.80. The number of benzene rings is 3. The quantitative estimate of drug-likeness (QED) is 0.601. The molecule has 3 rings (SSSR count). The highest BCUT2D eigenvalue weighted by Crippen LogP contribution is 2.18. The van der Waals surface area contributed by atoms with Crippen LogP contribution in [0.5, 0.6) is 5.75 Å². The smallest absolute Gasteiger partial charge is 0.126 e. The van der Waals surface area contributed by atoms with Gasteiger partial charge in [-0.05, 0) is 17.2 Å². The van der Waals surface area contributed by atoms with Gasteiger partial charge in [0, 0.05) is 5.56 Å². The zero-order valence-corrected chi connectivity index (χ0v) is 12.8. The van der Waals surface area contributed by atoms with Crippen LogP contribution in [0.1, 0.15) is 5.56 Å². The second kappa shape index (κ2) is 8.48. The molecule has 0 amide bonds. The summed E-state index contributed by atoms with van der Waals surface area (Å²) in [5, 5.41) is 0. The Morgan fingerprint density at radius 3 is 1.55 bits per heavy atom. The van der Waals surface area contributed by atoms with Gasteiger partial charge < -0.3 is 4.74 Å². The van der Waals surface area contributed by atoms with Crippen LogP contribution >= 0.6 is 0 Å². The summed E-state index contributed by atoms with van der Waals surface area (Å²) in [6.07, 6.45) is 1.78. The summed E-state index contributed by atoms with van der Waals surface area (Å²) in [5.74, 6) is 0.873. The van der Waals surface area contributed by atoms with Crippen molar-refractivity contribution in [3.8, 4) is 16.9 Å². The van der Waals surface area contributed by atoms with Crippen LogP contribution in [0.3, 0.4) is 0 Å². The van der Waals surface area contributed by atoms with E-state index in [0.29, 0.717) is 0 Å². The normalized spacial score (nSPS) is 9.32. The maximum atomic E-state index is 5.06. The standard InChI is InChI=1S/C12H10.C9H10O/c1-3-7-11(8-4-1)12-9-5-2-6-10-12;1-3-8-6-4-5-7-9(8)10-2/h1-10H;3-7H,1H2,2H3. The SMILES string of the molecule is C=Cc1ccccc1OC.c1ccc(-c2ccccc2)cc1. The maximum absolute atomic E-state index is 5.06. The lowest BCUT2D eigenvalue weighted by atomic mass is 10.1. The minimum atomic E-state index is 0.873. The van der Waals surface area contributed by atoms with Crippen LogP contribution in [0.2, 0.25) is 0 Å². The van der Waals surface area contributed by atoms with E-state index in [1.807, 2.05) is 36.4 Å². The first-order valence-electron chi connectivity index (χ1n) is 7.21. The largest absolute Gasteiger partial charge is 0.496 e. The van der Waals surface area contributed by atoms with Gasteiger partial charge in [0.1, 0.15) is 5.75 Å². The van der Waals surface area contributed by atoms with Gasteiger partial charge in [-0.25, -0.2) is 0 Å². The van der Waals surface area contributed by atoms with Crippen molar-refractivity contribution in [2.24, 2.45) is 0 Å². The minimum Gasteiger partial charge on any atom is -0.496 e. The fourth-order valence-electron chi connectivity index (χ4n) is 2.10. The molecule has 22 heavy (non-hydrogen) atoms. The Balaban J connectivity index is 0.000000164. The zero-order valence-electron chi connectivity index (χ0n) is 12.8. The monoisotopic (exact) mass is 288 g/mol. The lowest BCUT2D eigenvalue weighted by Crippen LogP contribution is -1.84. The van der Waals surface area contributed by atoms with Crippen LogP contribution in [0.15, 0.2) is 91.5 Å². The van der Waals surface area contributed by atoms with E-state index in [1.54, 1.807) is 13.2 Å². The van der Waals surface area contributed by atoms with Crippen LogP contribution in [0.25, 0.3) is 17.2 Å². The molecule has 3 aromatic carbocycles. The third-order valence-electron chi connectivity index (χ3n) is 3.24. The van der Waals surface area contributed by atoms with E-state index >= 15 is 0 Å². The molecule has 1 heteroatoms. The van der Waals surface area contributed by atoms with Crippen LogP contribution in [-0.2, 0) is 0 Å². The molecule has 0 unspecified atom stereocenters. The molecule has 0 aromatic heterocycles.